The lowest BCUT2D eigenvalue weighted by Gasteiger charge is -2.12. The van der Waals surface area contributed by atoms with Crippen LogP contribution >= 0.6 is 11.8 Å². The smallest absolute Gasteiger partial charge is 0.246 e. The molecule has 1 fully saturated rings. The first-order valence-electron chi connectivity index (χ1n) is 2.70. The van der Waals surface area contributed by atoms with E-state index in [9.17, 15) is 13.2 Å². The highest BCUT2D eigenvalue weighted by molar-refractivity contribution is 8.00. The van der Waals surface area contributed by atoms with Gasteiger partial charge in [0, 0.05) is 5.75 Å². The number of alkyl halides is 3. The van der Waals surface area contributed by atoms with Crippen LogP contribution < -0.4 is 0 Å². The molecule has 1 aliphatic rings. The van der Waals surface area contributed by atoms with Crippen LogP contribution in [0.15, 0.2) is 0 Å². The van der Waals surface area contributed by atoms with Gasteiger partial charge in [-0.15, -0.1) is 0 Å². The third-order valence-corrected chi connectivity index (χ3v) is 2.75. The molecule has 0 aromatic carbocycles. The van der Waals surface area contributed by atoms with Gasteiger partial charge >= 0.3 is 0 Å². The molecule has 1 rings (SSSR count). The molecule has 0 aliphatic carbocycles. The SMILES string of the molecule is CC1C(F)CSC1(F)F. The third-order valence-electron chi connectivity index (χ3n) is 1.51. The van der Waals surface area contributed by atoms with E-state index in [4.69, 9.17) is 0 Å². The molecule has 0 radical (unpaired) electrons. The van der Waals surface area contributed by atoms with Crippen LogP contribution in [-0.4, -0.2) is 17.2 Å². The van der Waals surface area contributed by atoms with Crippen molar-refractivity contribution in [2.45, 2.75) is 18.3 Å². The van der Waals surface area contributed by atoms with Gasteiger partial charge in [-0.2, -0.15) is 8.78 Å². The molecule has 1 saturated heterocycles. The predicted molar refractivity (Wildman–Crippen MR) is 31.5 cm³/mol. The van der Waals surface area contributed by atoms with Gasteiger partial charge in [-0.1, -0.05) is 18.7 Å². The minimum atomic E-state index is -2.83. The van der Waals surface area contributed by atoms with Gasteiger partial charge in [0.2, 0.25) is 0 Å². The minimum absolute atomic E-state index is 0.0613. The van der Waals surface area contributed by atoms with Gasteiger partial charge in [0.15, 0.2) is 0 Å². The Hall–Kier alpha value is 0.140. The Morgan fingerprint density at radius 2 is 2.11 bits per heavy atom. The zero-order valence-electron chi connectivity index (χ0n) is 4.90. The fourth-order valence-corrected chi connectivity index (χ4v) is 1.76. The second kappa shape index (κ2) is 2.08. The maximum Gasteiger partial charge on any atom is 0.299 e. The van der Waals surface area contributed by atoms with Gasteiger partial charge in [0.1, 0.15) is 6.17 Å². The van der Waals surface area contributed by atoms with Crippen molar-refractivity contribution >= 4 is 11.8 Å². The number of rotatable bonds is 0. The first-order valence-corrected chi connectivity index (χ1v) is 3.68. The van der Waals surface area contributed by atoms with Crippen molar-refractivity contribution in [3.8, 4) is 0 Å². The maximum absolute atomic E-state index is 12.3. The average molecular weight is 156 g/mol. The molecule has 9 heavy (non-hydrogen) atoms. The van der Waals surface area contributed by atoms with E-state index in [1.165, 1.54) is 6.92 Å². The third kappa shape index (κ3) is 1.18. The average Bonchev–Trinajstić information content (AvgIpc) is 1.97. The van der Waals surface area contributed by atoms with Gasteiger partial charge in [0.25, 0.3) is 5.25 Å². The van der Waals surface area contributed by atoms with E-state index in [0.717, 1.165) is 0 Å². The van der Waals surface area contributed by atoms with Crippen molar-refractivity contribution in [3.05, 3.63) is 0 Å². The van der Waals surface area contributed by atoms with Crippen LogP contribution in [0.5, 0.6) is 0 Å². The Bertz CT molecular complexity index is 115. The molecule has 0 saturated carbocycles. The Kier molecular flexibility index (Phi) is 1.67. The quantitative estimate of drug-likeness (QED) is 0.518. The van der Waals surface area contributed by atoms with Gasteiger partial charge in [-0.25, -0.2) is 4.39 Å². The zero-order valence-corrected chi connectivity index (χ0v) is 5.72. The summed E-state index contributed by atoms with van der Waals surface area (Å²) in [5.41, 5.74) is 0. The monoisotopic (exact) mass is 156 g/mol. The predicted octanol–water partition coefficient (Wildman–Crippen LogP) is 2.30. The molecule has 0 amide bonds. The second-order valence-corrected chi connectivity index (χ2v) is 3.34. The number of hydrogen-bond donors (Lipinski definition) is 0. The molecule has 0 nitrogen and oxygen atoms in total. The van der Waals surface area contributed by atoms with Crippen LogP contribution in [0.2, 0.25) is 0 Å². The fourth-order valence-electron chi connectivity index (χ4n) is 0.677. The molecule has 54 valence electrons. The van der Waals surface area contributed by atoms with Crippen LogP contribution in [0.3, 0.4) is 0 Å². The van der Waals surface area contributed by atoms with E-state index >= 15 is 0 Å². The van der Waals surface area contributed by atoms with E-state index in [1.807, 2.05) is 0 Å². The van der Waals surface area contributed by atoms with E-state index in [0.29, 0.717) is 11.8 Å². The first kappa shape index (κ1) is 7.25. The molecule has 0 bridgehead atoms. The van der Waals surface area contributed by atoms with Gasteiger partial charge < -0.3 is 0 Å². The molecule has 2 atom stereocenters. The summed E-state index contributed by atoms with van der Waals surface area (Å²) in [4.78, 5) is 0. The lowest BCUT2D eigenvalue weighted by atomic mass is 10.1. The minimum Gasteiger partial charge on any atom is -0.246 e. The van der Waals surface area contributed by atoms with E-state index in [2.05, 4.69) is 0 Å². The number of hydrogen-bond acceptors (Lipinski definition) is 1. The van der Waals surface area contributed by atoms with Crippen LogP contribution in [0.4, 0.5) is 13.2 Å². The summed E-state index contributed by atoms with van der Waals surface area (Å²) in [5, 5.41) is -2.83. The lowest BCUT2D eigenvalue weighted by Crippen LogP contribution is -2.21. The molecule has 0 N–H and O–H groups in total. The molecule has 1 aliphatic heterocycles. The fraction of sp³-hybridized carbons (Fsp3) is 1.00. The molecular formula is C5H7F3S. The lowest BCUT2D eigenvalue weighted by molar-refractivity contribution is 0.0260. The second-order valence-electron chi connectivity index (χ2n) is 2.18. The number of thioether (sulfide) groups is 1. The van der Waals surface area contributed by atoms with Crippen LogP contribution in [-0.2, 0) is 0 Å². The van der Waals surface area contributed by atoms with Crippen molar-refractivity contribution in [3.63, 3.8) is 0 Å². The standard InChI is InChI=1S/C5H7F3S/c1-3-4(6)2-9-5(3,7)8/h3-4H,2H2,1H3. The van der Waals surface area contributed by atoms with Crippen molar-refractivity contribution in [2.24, 2.45) is 5.92 Å². The van der Waals surface area contributed by atoms with Crippen LogP contribution in [0, 0.1) is 5.92 Å². The van der Waals surface area contributed by atoms with Gasteiger partial charge in [-0.05, 0) is 0 Å². The zero-order chi connectivity index (χ0) is 7.07. The van der Waals surface area contributed by atoms with Crippen molar-refractivity contribution in [2.75, 3.05) is 5.75 Å². The Morgan fingerprint density at radius 1 is 1.56 bits per heavy atom. The highest BCUT2D eigenvalue weighted by Crippen LogP contribution is 2.46. The van der Waals surface area contributed by atoms with E-state index in [-0.39, 0.29) is 5.75 Å². The molecule has 2 unspecified atom stereocenters. The summed E-state index contributed by atoms with van der Waals surface area (Å²) in [6, 6.07) is 0. The van der Waals surface area contributed by atoms with E-state index < -0.39 is 17.3 Å². The Balaban J connectivity index is 2.62. The summed E-state index contributed by atoms with van der Waals surface area (Å²) in [6.45, 7) is 1.24. The number of halogens is 3. The normalized spacial score (nSPS) is 41.3. The van der Waals surface area contributed by atoms with E-state index in [1.54, 1.807) is 0 Å². The van der Waals surface area contributed by atoms with Gasteiger partial charge in [0.05, 0.1) is 5.92 Å². The van der Waals surface area contributed by atoms with Crippen molar-refractivity contribution < 1.29 is 13.2 Å². The summed E-state index contributed by atoms with van der Waals surface area (Å²) in [6.07, 6.45) is -1.33. The van der Waals surface area contributed by atoms with Crippen LogP contribution in [0.25, 0.3) is 0 Å². The van der Waals surface area contributed by atoms with Crippen molar-refractivity contribution in [1.29, 1.82) is 0 Å². The van der Waals surface area contributed by atoms with Crippen molar-refractivity contribution in [1.82, 2.24) is 0 Å². The largest absolute Gasteiger partial charge is 0.299 e. The highest BCUT2D eigenvalue weighted by Gasteiger charge is 2.48. The van der Waals surface area contributed by atoms with Crippen LogP contribution in [0.1, 0.15) is 6.92 Å². The summed E-state index contributed by atoms with van der Waals surface area (Å²) >= 11 is 0.407. The summed E-state index contributed by atoms with van der Waals surface area (Å²) < 4.78 is 36.9. The summed E-state index contributed by atoms with van der Waals surface area (Å²) in [5.74, 6) is -1.17. The first-order chi connectivity index (χ1) is 4.04. The summed E-state index contributed by atoms with van der Waals surface area (Å²) in [7, 11) is 0. The molecule has 0 aromatic heterocycles. The molecule has 4 heteroatoms. The Morgan fingerprint density at radius 3 is 2.22 bits per heavy atom. The highest BCUT2D eigenvalue weighted by atomic mass is 32.2. The molecule has 0 aromatic rings. The molecular weight excluding hydrogens is 149 g/mol. The maximum atomic E-state index is 12.3. The molecule has 0 spiro atoms. The van der Waals surface area contributed by atoms with Gasteiger partial charge in [-0.3, -0.25) is 0 Å². The topological polar surface area (TPSA) is 0 Å². The Labute approximate surface area is 55.8 Å². The molecule has 1 heterocycles.